The molecule has 78 valence electrons. The molecule has 2 N–H and O–H groups in total. The third kappa shape index (κ3) is 3.97. The number of hydrogen-bond acceptors (Lipinski definition) is 5. The van der Waals surface area contributed by atoms with E-state index in [0.29, 0.717) is 0 Å². The number of hydrogen-bond donors (Lipinski definition) is 2. The first kappa shape index (κ1) is 10.6. The normalized spacial score (nSPS) is 15.4. The van der Waals surface area contributed by atoms with Crippen molar-refractivity contribution in [1.82, 2.24) is 20.3 Å². The highest BCUT2D eigenvalue weighted by Gasteiger charge is 1.96. The van der Waals surface area contributed by atoms with Gasteiger partial charge < -0.3 is 15.2 Å². The van der Waals surface area contributed by atoms with Crippen LogP contribution in [0.1, 0.15) is 0 Å². The van der Waals surface area contributed by atoms with Gasteiger partial charge in [-0.1, -0.05) is 5.21 Å². The summed E-state index contributed by atoms with van der Waals surface area (Å²) in [5.41, 5.74) is 0. The molecule has 0 radical (unpaired) electrons. The van der Waals surface area contributed by atoms with Gasteiger partial charge in [0.25, 0.3) is 0 Å². The molecule has 0 atom stereocenters. The molecule has 1 aliphatic heterocycles. The molecule has 0 saturated carbocycles. The second-order valence-electron chi connectivity index (χ2n) is 2.49. The average molecular weight is 200 g/mol. The summed E-state index contributed by atoms with van der Waals surface area (Å²) in [6, 6.07) is 0. The maximum Gasteiger partial charge on any atom is 0.433 e. The highest BCUT2D eigenvalue weighted by molar-refractivity contribution is 5.66. The predicted molar refractivity (Wildman–Crippen MR) is 47.1 cm³/mol. The van der Waals surface area contributed by atoms with Gasteiger partial charge in [-0.2, -0.15) is 4.68 Å². The molecule has 1 saturated heterocycles. The fourth-order valence-electron chi connectivity index (χ4n) is 0.826. The van der Waals surface area contributed by atoms with Crippen molar-refractivity contribution in [3.05, 3.63) is 12.4 Å². The third-order valence-electron chi connectivity index (χ3n) is 1.46. The van der Waals surface area contributed by atoms with E-state index in [1.165, 1.54) is 12.4 Å². The first-order valence-electron chi connectivity index (χ1n) is 4.19. The molecule has 1 aromatic heterocycles. The Balaban J connectivity index is 0.000000146. The SMILES string of the molecule is C1COCCN1.O=C(O)n1ccnn1. The van der Waals surface area contributed by atoms with E-state index in [0.717, 1.165) is 31.0 Å². The highest BCUT2D eigenvalue weighted by atomic mass is 16.5. The average Bonchev–Trinajstić information content (AvgIpc) is 2.74. The zero-order valence-electron chi connectivity index (χ0n) is 7.59. The van der Waals surface area contributed by atoms with Gasteiger partial charge in [0.05, 0.1) is 25.6 Å². The molecule has 0 bridgehead atoms. The van der Waals surface area contributed by atoms with Gasteiger partial charge in [0.1, 0.15) is 0 Å². The Morgan fingerprint density at radius 3 is 2.43 bits per heavy atom. The van der Waals surface area contributed by atoms with Crippen molar-refractivity contribution in [3.8, 4) is 0 Å². The Labute approximate surface area is 80.7 Å². The first-order valence-corrected chi connectivity index (χ1v) is 4.19. The monoisotopic (exact) mass is 200 g/mol. The topological polar surface area (TPSA) is 89.3 Å². The van der Waals surface area contributed by atoms with Crippen molar-refractivity contribution in [2.45, 2.75) is 0 Å². The number of rotatable bonds is 0. The number of ether oxygens (including phenoxy) is 1. The minimum Gasteiger partial charge on any atom is -0.463 e. The van der Waals surface area contributed by atoms with Crippen LogP contribution in [-0.2, 0) is 4.74 Å². The van der Waals surface area contributed by atoms with E-state index < -0.39 is 6.09 Å². The van der Waals surface area contributed by atoms with Gasteiger partial charge in [-0.3, -0.25) is 0 Å². The fourth-order valence-corrected chi connectivity index (χ4v) is 0.826. The van der Waals surface area contributed by atoms with Crippen LogP contribution in [0.2, 0.25) is 0 Å². The van der Waals surface area contributed by atoms with Crippen molar-refractivity contribution in [1.29, 1.82) is 0 Å². The third-order valence-corrected chi connectivity index (χ3v) is 1.46. The molecule has 0 aliphatic carbocycles. The molecular formula is C7H12N4O3. The molecule has 0 amide bonds. The summed E-state index contributed by atoms with van der Waals surface area (Å²) in [4.78, 5) is 9.92. The second-order valence-corrected chi connectivity index (χ2v) is 2.49. The summed E-state index contributed by atoms with van der Waals surface area (Å²) in [5.74, 6) is 0. The molecule has 7 heteroatoms. The number of aromatic nitrogens is 3. The Bertz CT molecular complexity index is 246. The molecule has 0 aromatic carbocycles. The van der Waals surface area contributed by atoms with Crippen molar-refractivity contribution >= 4 is 6.09 Å². The minimum absolute atomic E-state index is 0.722. The second kappa shape index (κ2) is 6.06. The Morgan fingerprint density at radius 1 is 1.50 bits per heavy atom. The standard InChI is InChI=1S/C4H9NO.C3H3N3O2/c1-3-6-4-2-5-1;7-3(8)6-2-1-4-5-6/h5H,1-4H2;1-2H,(H,7,8). The highest BCUT2D eigenvalue weighted by Crippen LogP contribution is 1.77. The summed E-state index contributed by atoms with van der Waals surface area (Å²) < 4.78 is 5.73. The van der Waals surface area contributed by atoms with Gasteiger partial charge in [-0.15, -0.1) is 5.10 Å². The van der Waals surface area contributed by atoms with Gasteiger partial charge in [-0.25, -0.2) is 4.79 Å². The van der Waals surface area contributed by atoms with E-state index in [9.17, 15) is 4.79 Å². The van der Waals surface area contributed by atoms with Gasteiger partial charge in [-0.05, 0) is 0 Å². The molecule has 2 heterocycles. The van der Waals surface area contributed by atoms with Crippen LogP contribution in [0, 0.1) is 0 Å². The van der Waals surface area contributed by atoms with Crippen LogP contribution in [0.15, 0.2) is 12.4 Å². The molecule has 1 fully saturated rings. The summed E-state index contributed by atoms with van der Waals surface area (Å²) in [6.07, 6.45) is 1.43. The number of nitrogens with zero attached hydrogens (tertiary/aromatic N) is 3. The van der Waals surface area contributed by atoms with Crippen LogP contribution in [0.4, 0.5) is 4.79 Å². The van der Waals surface area contributed by atoms with E-state index in [1.807, 2.05) is 0 Å². The quantitative estimate of drug-likeness (QED) is 0.582. The van der Waals surface area contributed by atoms with Crippen molar-refractivity contribution in [2.24, 2.45) is 0 Å². The molecule has 1 aromatic rings. The van der Waals surface area contributed by atoms with Gasteiger partial charge >= 0.3 is 6.09 Å². The van der Waals surface area contributed by atoms with Crippen LogP contribution >= 0.6 is 0 Å². The van der Waals surface area contributed by atoms with E-state index >= 15 is 0 Å². The van der Waals surface area contributed by atoms with E-state index in [-0.39, 0.29) is 0 Å². The predicted octanol–water partition coefficient (Wildman–Crippen LogP) is -0.590. The maximum atomic E-state index is 9.92. The Hall–Kier alpha value is -1.47. The number of carboxylic acid groups (broad SMARTS) is 1. The largest absolute Gasteiger partial charge is 0.463 e. The van der Waals surface area contributed by atoms with Crippen LogP contribution in [0.3, 0.4) is 0 Å². The summed E-state index contributed by atoms with van der Waals surface area (Å²) in [5, 5.41) is 17.8. The maximum absolute atomic E-state index is 9.92. The Morgan fingerprint density at radius 2 is 2.21 bits per heavy atom. The van der Waals surface area contributed by atoms with E-state index in [4.69, 9.17) is 9.84 Å². The lowest BCUT2D eigenvalue weighted by Gasteiger charge is -2.10. The molecule has 0 spiro atoms. The smallest absolute Gasteiger partial charge is 0.433 e. The van der Waals surface area contributed by atoms with E-state index in [2.05, 4.69) is 15.6 Å². The molecule has 0 unspecified atom stereocenters. The molecule has 2 rings (SSSR count). The van der Waals surface area contributed by atoms with Crippen molar-refractivity contribution in [3.63, 3.8) is 0 Å². The van der Waals surface area contributed by atoms with Gasteiger partial charge in [0.15, 0.2) is 0 Å². The number of nitrogens with one attached hydrogen (secondary N) is 1. The number of morpholine rings is 1. The van der Waals surface area contributed by atoms with Crippen LogP contribution in [-0.4, -0.2) is 52.5 Å². The number of carbonyl (C=O) groups is 1. The lowest BCUT2D eigenvalue weighted by Crippen LogP contribution is -2.30. The molecule has 7 nitrogen and oxygen atoms in total. The fraction of sp³-hybridized carbons (Fsp3) is 0.571. The summed E-state index contributed by atoms with van der Waals surface area (Å²) >= 11 is 0. The van der Waals surface area contributed by atoms with Gasteiger partial charge in [0, 0.05) is 13.1 Å². The van der Waals surface area contributed by atoms with Crippen LogP contribution in [0.25, 0.3) is 0 Å². The van der Waals surface area contributed by atoms with E-state index in [1.54, 1.807) is 0 Å². The Kier molecular flexibility index (Phi) is 4.59. The summed E-state index contributed by atoms with van der Waals surface area (Å²) in [7, 11) is 0. The lowest BCUT2D eigenvalue weighted by molar-refractivity contribution is 0.109. The van der Waals surface area contributed by atoms with Crippen molar-refractivity contribution in [2.75, 3.05) is 26.3 Å². The summed E-state index contributed by atoms with van der Waals surface area (Å²) in [6.45, 7) is 3.83. The first-order chi connectivity index (χ1) is 6.80. The molecule has 14 heavy (non-hydrogen) atoms. The van der Waals surface area contributed by atoms with Crippen LogP contribution in [0.5, 0.6) is 0 Å². The lowest BCUT2D eigenvalue weighted by atomic mass is 10.5. The van der Waals surface area contributed by atoms with Gasteiger partial charge in [0.2, 0.25) is 0 Å². The van der Waals surface area contributed by atoms with Crippen molar-refractivity contribution < 1.29 is 14.6 Å². The van der Waals surface area contributed by atoms with Crippen LogP contribution < -0.4 is 5.32 Å². The molecular weight excluding hydrogens is 188 g/mol. The minimum atomic E-state index is -1.12. The zero-order chi connectivity index (χ0) is 10.2. The zero-order valence-corrected chi connectivity index (χ0v) is 7.59. The molecule has 1 aliphatic rings.